The summed E-state index contributed by atoms with van der Waals surface area (Å²) in [4.78, 5) is 63.0. The number of thiophene rings is 2. The summed E-state index contributed by atoms with van der Waals surface area (Å²) in [7, 11) is 0. The number of carbonyl (C=O) groups is 2. The van der Waals surface area contributed by atoms with Crippen molar-refractivity contribution in [3.8, 4) is 0 Å². The molecule has 0 saturated heterocycles. The Hall–Kier alpha value is -4.94. The topological polar surface area (TPSA) is 122 Å². The van der Waals surface area contributed by atoms with Gasteiger partial charge in [-0.25, -0.2) is 19.6 Å². The van der Waals surface area contributed by atoms with Crippen LogP contribution in [0.5, 0.6) is 0 Å². The van der Waals surface area contributed by atoms with Crippen LogP contribution in [0.25, 0.3) is 20.4 Å². The van der Waals surface area contributed by atoms with E-state index in [1.54, 1.807) is 13.8 Å². The molecule has 0 aliphatic rings. The van der Waals surface area contributed by atoms with E-state index in [-0.39, 0.29) is 37.4 Å². The second kappa shape index (κ2) is 13.6. The van der Waals surface area contributed by atoms with Crippen LogP contribution >= 0.6 is 22.7 Å². The average Bonchev–Trinajstić information content (AvgIpc) is 3.59. The summed E-state index contributed by atoms with van der Waals surface area (Å²) in [5.74, 6) is -0.974. The van der Waals surface area contributed by atoms with Crippen LogP contribution in [0.4, 0.5) is 0 Å². The van der Waals surface area contributed by atoms with Gasteiger partial charge >= 0.3 is 11.9 Å². The average molecular weight is 655 g/mol. The quantitative estimate of drug-likeness (QED) is 0.172. The molecule has 0 fully saturated rings. The maximum absolute atomic E-state index is 13.4. The second-order valence-corrected chi connectivity index (χ2v) is 12.7. The van der Waals surface area contributed by atoms with Gasteiger partial charge in [-0.3, -0.25) is 18.7 Å². The van der Waals surface area contributed by atoms with Crippen molar-refractivity contribution < 1.29 is 19.1 Å². The molecule has 0 spiro atoms. The summed E-state index contributed by atoms with van der Waals surface area (Å²) in [6, 6.07) is 19.5. The monoisotopic (exact) mass is 654 g/mol. The molecule has 46 heavy (non-hydrogen) atoms. The number of benzene rings is 2. The van der Waals surface area contributed by atoms with Crippen molar-refractivity contribution >= 4 is 55.0 Å². The molecule has 0 radical (unpaired) electrons. The van der Waals surface area contributed by atoms with E-state index >= 15 is 0 Å². The van der Waals surface area contributed by atoms with E-state index in [1.165, 1.54) is 21.8 Å². The van der Waals surface area contributed by atoms with Gasteiger partial charge in [0.25, 0.3) is 11.1 Å². The summed E-state index contributed by atoms with van der Waals surface area (Å²) in [6.07, 6.45) is 4.02. The molecule has 0 N–H and O–H groups in total. The van der Waals surface area contributed by atoms with Crippen LogP contribution in [0.1, 0.15) is 41.6 Å². The zero-order valence-corrected chi connectivity index (χ0v) is 26.9. The van der Waals surface area contributed by atoms with Gasteiger partial charge in [-0.2, -0.15) is 0 Å². The van der Waals surface area contributed by atoms with Gasteiger partial charge in [-0.1, -0.05) is 60.7 Å². The minimum absolute atomic E-state index is 0.151. The lowest BCUT2D eigenvalue weighted by Gasteiger charge is -2.08. The normalized spacial score (nSPS) is 11.3. The van der Waals surface area contributed by atoms with Gasteiger partial charge in [0.05, 0.1) is 36.6 Å². The number of ether oxygens (including phenoxy) is 2. The number of fused-ring (bicyclic) bond motifs is 2. The minimum atomic E-state index is -0.487. The van der Waals surface area contributed by atoms with Crippen molar-refractivity contribution in [1.82, 2.24) is 19.1 Å². The van der Waals surface area contributed by atoms with E-state index in [1.807, 2.05) is 60.7 Å². The van der Waals surface area contributed by atoms with Gasteiger partial charge in [-0.15, -0.1) is 22.7 Å². The molecule has 0 aliphatic heterocycles. The number of aromatic nitrogens is 4. The van der Waals surface area contributed by atoms with Crippen LogP contribution in [0, 0.1) is 13.8 Å². The molecule has 6 aromatic rings. The molecule has 2 aromatic carbocycles. The van der Waals surface area contributed by atoms with E-state index < -0.39 is 11.9 Å². The van der Waals surface area contributed by atoms with Crippen molar-refractivity contribution in [2.45, 2.75) is 39.8 Å². The van der Waals surface area contributed by atoms with Gasteiger partial charge in [0.2, 0.25) is 0 Å². The lowest BCUT2D eigenvalue weighted by Crippen LogP contribution is -2.27. The van der Waals surface area contributed by atoms with Gasteiger partial charge in [-0.05, 0) is 36.1 Å². The highest BCUT2D eigenvalue weighted by Crippen LogP contribution is 2.29. The second-order valence-electron chi connectivity index (χ2n) is 10.7. The van der Waals surface area contributed by atoms with Crippen molar-refractivity contribution in [2.24, 2.45) is 0 Å². The van der Waals surface area contributed by atoms with E-state index in [4.69, 9.17) is 9.47 Å². The third-order valence-electron chi connectivity index (χ3n) is 7.72. The predicted octanol–water partition coefficient (Wildman–Crippen LogP) is 5.35. The Bertz CT molecular complexity index is 2010. The minimum Gasteiger partial charge on any atom is -0.461 e. The fourth-order valence-electron chi connectivity index (χ4n) is 5.19. The summed E-state index contributed by atoms with van der Waals surface area (Å²) >= 11 is 2.26. The highest BCUT2D eigenvalue weighted by atomic mass is 32.1. The molecule has 0 atom stereocenters. The first kappa shape index (κ1) is 31.1. The summed E-state index contributed by atoms with van der Waals surface area (Å²) in [5.41, 5.74) is 2.55. The fraction of sp³-hybridized carbons (Fsp3) is 0.235. The fourth-order valence-corrected chi connectivity index (χ4v) is 7.25. The smallest absolute Gasteiger partial charge is 0.348 e. The maximum Gasteiger partial charge on any atom is 0.348 e. The van der Waals surface area contributed by atoms with Crippen molar-refractivity contribution in [3.63, 3.8) is 0 Å². The lowest BCUT2D eigenvalue weighted by atomic mass is 10.2. The zero-order valence-electron chi connectivity index (χ0n) is 25.2. The van der Waals surface area contributed by atoms with Crippen LogP contribution < -0.4 is 11.1 Å². The third kappa shape index (κ3) is 6.40. The third-order valence-corrected chi connectivity index (χ3v) is 10.1. The van der Waals surface area contributed by atoms with Gasteiger partial charge in [0.15, 0.2) is 0 Å². The molecule has 4 heterocycles. The Morgan fingerprint density at radius 1 is 0.652 bits per heavy atom. The SMILES string of the molecule is Cc1c(C(=O)OCCc2ccccc2)sc2ncn(CCn3cnc4sc(C(=O)OCCc5ccccc5)c(C)c4c3=O)c(=O)c12. The molecule has 10 nitrogen and oxygen atoms in total. The molecule has 0 amide bonds. The first-order valence-electron chi connectivity index (χ1n) is 14.7. The molecule has 0 aliphatic carbocycles. The first-order chi connectivity index (χ1) is 22.3. The predicted molar refractivity (Wildman–Crippen MR) is 178 cm³/mol. The number of esters is 2. The van der Waals surface area contributed by atoms with Crippen LogP contribution in [0.3, 0.4) is 0 Å². The van der Waals surface area contributed by atoms with Crippen LogP contribution in [0.2, 0.25) is 0 Å². The van der Waals surface area contributed by atoms with E-state index in [0.29, 0.717) is 54.2 Å². The molecular formula is C34H30N4O6S2. The Balaban J connectivity index is 1.14. The number of carbonyl (C=O) groups excluding carboxylic acids is 2. The standard InChI is InChI=1S/C34H30N4O6S2/c1-21-25-29(45-27(21)33(41)43-17-13-23-9-5-3-6-10-23)35-19-37(31(25)39)15-16-38-20-36-30-26(32(38)40)22(2)28(46-30)34(42)44-18-14-24-11-7-4-8-12-24/h3-12,19-20H,13-18H2,1-2H3. The maximum atomic E-state index is 13.4. The zero-order chi connectivity index (χ0) is 32.2. The molecule has 4 aromatic heterocycles. The summed E-state index contributed by atoms with van der Waals surface area (Å²) < 4.78 is 13.8. The van der Waals surface area contributed by atoms with E-state index in [0.717, 1.165) is 33.8 Å². The van der Waals surface area contributed by atoms with E-state index in [2.05, 4.69) is 9.97 Å². The van der Waals surface area contributed by atoms with Crippen molar-refractivity contribution in [1.29, 1.82) is 0 Å². The summed E-state index contributed by atoms with van der Waals surface area (Å²) in [6.45, 7) is 4.18. The number of aryl methyl sites for hydroxylation is 4. The molecular weight excluding hydrogens is 625 g/mol. The Morgan fingerprint density at radius 3 is 1.43 bits per heavy atom. The Labute approximate surface area is 271 Å². The molecule has 234 valence electrons. The van der Waals surface area contributed by atoms with Gasteiger partial charge in [0, 0.05) is 25.9 Å². The molecule has 0 bridgehead atoms. The van der Waals surface area contributed by atoms with Crippen molar-refractivity contribution in [2.75, 3.05) is 13.2 Å². The molecule has 6 rings (SSSR count). The van der Waals surface area contributed by atoms with Crippen molar-refractivity contribution in [3.05, 3.63) is 126 Å². The largest absolute Gasteiger partial charge is 0.461 e. The first-order valence-corrected chi connectivity index (χ1v) is 16.3. The van der Waals surface area contributed by atoms with Crippen LogP contribution in [0.15, 0.2) is 82.9 Å². The molecule has 12 heteroatoms. The molecule has 0 unspecified atom stereocenters. The number of rotatable bonds is 11. The number of hydrogen-bond acceptors (Lipinski definition) is 10. The highest BCUT2D eigenvalue weighted by molar-refractivity contribution is 7.21. The molecule has 0 saturated carbocycles. The Kier molecular flexibility index (Phi) is 9.18. The Morgan fingerprint density at radius 2 is 1.04 bits per heavy atom. The van der Waals surface area contributed by atoms with E-state index in [9.17, 15) is 19.2 Å². The summed E-state index contributed by atoms with van der Waals surface area (Å²) in [5, 5.41) is 0.708. The van der Waals surface area contributed by atoms with Crippen LogP contribution in [-0.2, 0) is 35.4 Å². The van der Waals surface area contributed by atoms with Gasteiger partial charge in [0.1, 0.15) is 19.4 Å². The highest BCUT2D eigenvalue weighted by Gasteiger charge is 2.22. The van der Waals surface area contributed by atoms with Gasteiger partial charge < -0.3 is 9.47 Å². The van der Waals surface area contributed by atoms with Crippen LogP contribution in [-0.4, -0.2) is 44.3 Å². The number of hydrogen-bond donors (Lipinski definition) is 0. The number of nitrogens with zero attached hydrogens (tertiary/aromatic N) is 4. The lowest BCUT2D eigenvalue weighted by molar-refractivity contribution is 0.0504.